The lowest BCUT2D eigenvalue weighted by atomic mass is 10.3. The Morgan fingerprint density at radius 2 is 2.00 bits per heavy atom. The molecule has 5 heteroatoms. The van der Waals surface area contributed by atoms with E-state index < -0.39 is 9.05 Å². The minimum atomic E-state index is -3.85. The molecule has 13 heavy (non-hydrogen) atoms. The van der Waals surface area contributed by atoms with E-state index in [1.54, 1.807) is 0 Å². The van der Waals surface area contributed by atoms with E-state index >= 15 is 0 Å². The SMILES string of the molecule is C=CCO[Si](O)(O)OCCCCC. The van der Waals surface area contributed by atoms with Crippen molar-refractivity contribution in [3.05, 3.63) is 12.7 Å². The van der Waals surface area contributed by atoms with Crippen molar-refractivity contribution in [2.75, 3.05) is 13.2 Å². The average Bonchev–Trinajstić information content (AvgIpc) is 2.09. The van der Waals surface area contributed by atoms with E-state index in [-0.39, 0.29) is 6.61 Å². The average molecular weight is 206 g/mol. The van der Waals surface area contributed by atoms with Crippen LogP contribution in [-0.4, -0.2) is 31.9 Å². The summed E-state index contributed by atoms with van der Waals surface area (Å²) in [5.74, 6) is 0. The third kappa shape index (κ3) is 8.14. The molecule has 0 saturated carbocycles. The molecule has 0 rings (SSSR count). The summed E-state index contributed by atoms with van der Waals surface area (Å²) in [4.78, 5) is 18.3. The van der Waals surface area contributed by atoms with Gasteiger partial charge < -0.3 is 18.4 Å². The summed E-state index contributed by atoms with van der Waals surface area (Å²) in [6.45, 7) is 5.90. The summed E-state index contributed by atoms with van der Waals surface area (Å²) >= 11 is 0. The fourth-order valence-corrected chi connectivity index (χ4v) is 1.59. The maximum absolute atomic E-state index is 9.15. The third-order valence-corrected chi connectivity index (χ3v) is 2.55. The second-order valence-electron chi connectivity index (χ2n) is 2.70. The molecule has 0 aromatic carbocycles. The standard InChI is InChI=1S/C8H18O4Si/c1-3-5-6-8-12-13(9,10)11-7-4-2/h4,9-10H,2-3,5-8H2,1H3. The Hall–Kier alpha value is -0.203. The van der Waals surface area contributed by atoms with Gasteiger partial charge in [-0.05, 0) is 6.42 Å². The molecule has 0 atom stereocenters. The van der Waals surface area contributed by atoms with E-state index in [1.807, 2.05) is 0 Å². The number of hydrogen-bond donors (Lipinski definition) is 2. The fourth-order valence-electron chi connectivity index (χ4n) is 0.766. The van der Waals surface area contributed by atoms with Gasteiger partial charge in [-0.2, -0.15) is 0 Å². The highest BCUT2D eigenvalue weighted by molar-refractivity contribution is 6.50. The van der Waals surface area contributed by atoms with Crippen molar-refractivity contribution in [1.82, 2.24) is 0 Å². The van der Waals surface area contributed by atoms with Gasteiger partial charge in [0.2, 0.25) is 0 Å². The van der Waals surface area contributed by atoms with Gasteiger partial charge in [0.15, 0.2) is 0 Å². The number of hydrogen-bond acceptors (Lipinski definition) is 4. The van der Waals surface area contributed by atoms with Gasteiger partial charge in [-0.3, -0.25) is 0 Å². The van der Waals surface area contributed by atoms with E-state index in [9.17, 15) is 0 Å². The second kappa shape index (κ2) is 7.22. The minimum Gasteiger partial charge on any atom is -0.367 e. The molecule has 0 aromatic rings. The fraction of sp³-hybridized carbons (Fsp3) is 0.750. The second-order valence-corrected chi connectivity index (χ2v) is 4.38. The van der Waals surface area contributed by atoms with Crippen molar-refractivity contribution in [1.29, 1.82) is 0 Å². The Morgan fingerprint density at radius 3 is 2.54 bits per heavy atom. The Morgan fingerprint density at radius 1 is 1.31 bits per heavy atom. The molecule has 0 aliphatic carbocycles. The molecule has 0 bridgehead atoms. The van der Waals surface area contributed by atoms with Gasteiger partial charge in [0.05, 0.1) is 6.61 Å². The lowest BCUT2D eigenvalue weighted by Crippen LogP contribution is -2.43. The number of rotatable bonds is 8. The van der Waals surface area contributed by atoms with Crippen molar-refractivity contribution in [3.63, 3.8) is 0 Å². The molecule has 0 spiro atoms. The molecule has 0 radical (unpaired) electrons. The van der Waals surface area contributed by atoms with Crippen LogP contribution in [-0.2, 0) is 8.85 Å². The lowest BCUT2D eigenvalue weighted by Gasteiger charge is -2.15. The first-order chi connectivity index (χ1) is 6.12. The van der Waals surface area contributed by atoms with Crippen LogP contribution in [0, 0.1) is 0 Å². The zero-order chi connectivity index (χ0) is 10.2. The van der Waals surface area contributed by atoms with E-state index in [0.29, 0.717) is 6.61 Å². The molecule has 78 valence electrons. The van der Waals surface area contributed by atoms with E-state index in [0.717, 1.165) is 19.3 Å². The molecule has 0 amide bonds. The van der Waals surface area contributed by atoms with Crippen molar-refractivity contribution >= 4 is 9.05 Å². The summed E-state index contributed by atoms with van der Waals surface area (Å²) < 4.78 is 9.48. The highest BCUT2D eigenvalue weighted by Gasteiger charge is 2.35. The first-order valence-corrected chi connectivity index (χ1v) is 6.17. The van der Waals surface area contributed by atoms with E-state index in [2.05, 4.69) is 17.9 Å². The Bertz CT molecular complexity index is 138. The van der Waals surface area contributed by atoms with Crippen LogP contribution in [0.4, 0.5) is 0 Å². The molecular weight excluding hydrogens is 188 g/mol. The summed E-state index contributed by atoms with van der Waals surface area (Å²) in [5.41, 5.74) is 0. The van der Waals surface area contributed by atoms with Gasteiger partial charge in [-0.25, -0.2) is 0 Å². The van der Waals surface area contributed by atoms with Crippen LogP contribution in [0.25, 0.3) is 0 Å². The van der Waals surface area contributed by atoms with Crippen molar-refractivity contribution in [2.45, 2.75) is 26.2 Å². The predicted molar refractivity (Wildman–Crippen MR) is 51.8 cm³/mol. The van der Waals surface area contributed by atoms with Crippen LogP contribution < -0.4 is 0 Å². The molecule has 0 unspecified atom stereocenters. The Balaban J connectivity index is 3.44. The van der Waals surface area contributed by atoms with Crippen molar-refractivity contribution in [3.8, 4) is 0 Å². The van der Waals surface area contributed by atoms with Gasteiger partial charge >= 0.3 is 9.05 Å². The normalized spacial score (nSPS) is 11.6. The molecule has 2 N–H and O–H groups in total. The van der Waals surface area contributed by atoms with Crippen LogP contribution in [0.2, 0.25) is 0 Å². The van der Waals surface area contributed by atoms with E-state index in [1.165, 1.54) is 6.08 Å². The minimum absolute atomic E-state index is 0.104. The molecule has 0 fully saturated rings. The van der Waals surface area contributed by atoms with Gasteiger partial charge in [-0.15, -0.1) is 6.58 Å². The van der Waals surface area contributed by atoms with Crippen LogP contribution in [0.15, 0.2) is 12.7 Å². The van der Waals surface area contributed by atoms with Crippen LogP contribution in [0.1, 0.15) is 26.2 Å². The molecule has 4 nitrogen and oxygen atoms in total. The first kappa shape index (κ1) is 12.8. The lowest BCUT2D eigenvalue weighted by molar-refractivity contribution is 0.0311. The van der Waals surface area contributed by atoms with Crippen molar-refractivity contribution < 1.29 is 18.4 Å². The van der Waals surface area contributed by atoms with Gasteiger partial charge in [0, 0.05) is 6.61 Å². The van der Waals surface area contributed by atoms with Crippen LogP contribution in [0.5, 0.6) is 0 Å². The molecule has 0 aliphatic heterocycles. The van der Waals surface area contributed by atoms with Crippen LogP contribution in [0.3, 0.4) is 0 Å². The van der Waals surface area contributed by atoms with Gasteiger partial charge in [0.25, 0.3) is 0 Å². The maximum Gasteiger partial charge on any atom is 0.674 e. The van der Waals surface area contributed by atoms with Gasteiger partial charge in [0.1, 0.15) is 0 Å². The highest BCUT2D eigenvalue weighted by atomic mass is 28.4. The summed E-state index contributed by atoms with van der Waals surface area (Å²) in [7, 11) is -3.85. The molecule has 0 aliphatic rings. The Labute approximate surface area is 80.3 Å². The topological polar surface area (TPSA) is 58.9 Å². The summed E-state index contributed by atoms with van der Waals surface area (Å²) in [6, 6.07) is 0. The summed E-state index contributed by atoms with van der Waals surface area (Å²) in [6.07, 6.45) is 4.36. The Kier molecular flexibility index (Phi) is 7.11. The van der Waals surface area contributed by atoms with Gasteiger partial charge in [-0.1, -0.05) is 25.8 Å². The summed E-state index contributed by atoms with van der Waals surface area (Å²) in [5, 5.41) is 0. The number of unbranched alkanes of at least 4 members (excludes halogenated alkanes) is 2. The molecule has 0 saturated heterocycles. The molecule has 0 heterocycles. The maximum atomic E-state index is 9.15. The monoisotopic (exact) mass is 206 g/mol. The van der Waals surface area contributed by atoms with E-state index in [4.69, 9.17) is 14.0 Å². The molecule has 0 aromatic heterocycles. The quantitative estimate of drug-likeness (QED) is 0.350. The zero-order valence-corrected chi connectivity index (χ0v) is 9.03. The van der Waals surface area contributed by atoms with Crippen LogP contribution >= 0.6 is 0 Å². The third-order valence-electron chi connectivity index (χ3n) is 1.43. The molecular formula is C8H18O4Si. The largest absolute Gasteiger partial charge is 0.674 e. The zero-order valence-electron chi connectivity index (χ0n) is 8.03. The first-order valence-electron chi connectivity index (χ1n) is 4.46. The smallest absolute Gasteiger partial charge is 0.367 e. The predicted octanol–water partition coefficient (Wildman–Crippen LogP) is 0.816. The van der Waals surface area contributed by atoms with Crippen molar-refractivity contribution in [2.24, 2.45) is 0 Å². The highest BCUT2D eigenvalue weighted by Crippen LogP contribution is 2.01.